The summed E-state index contributed by atoms with van der Waals surface area (Å²) >= 11 is 0. The molecule has 0 aliphatic carbocycles. The number of benzene rings is 1. The van der Waals surface area contributed by atoms with Crippen LogP contribution in [-0.4, -0.2) is 69.5 Å². The minimum Gasteiger partial charge on any atom is -0.497 e. The van der Waals surface area contributed by atoms with E-state index in [0.717, 1.165) is 25.6 Å². The van der Waals surface area contributed by atoms with Crippen LogP contribution in [0.1, 0.15) is 37.9 Å². The number of piperidine rings is 1. The van der Waals surface area contributed by atoms with Crippen molar-refractivity contribution in [1.29, 1.82) is 0 Å². The van der Waals surface area contributed by atoms with Crippen molar-refractivity contribution in [2.75, 3.05) is 53.5 Å². The predicted molar refractivity (Wildman–Crippen MR) is 109 cm³/mol. The van der Waals surface area contributed by atoms with E-state index in [2.05, 4.69) is 20.5 Å². The highest BCUT2D eigenvalue weighted by molar-refractivity contribution is 5.79. The number of nitrogens with zero attached hydrogens (tertiary/aromatic N) is 2. The van der Waals surface area contributed by atoms with E-state index >= 15 is 0 Å². The molecule has 27 heavy (non-hydrogen) atoms. The number of aliphatic hydroxyl groups excluding tert-OH is 1. The summed E-state index contributed by atoms with van der Waals surface area (Å²) in [7, 11) is 3.19. The summed E-state index contributed by atoms with van der Waals surface area (Å²) in [5.74, 6) is 2.03. The zero-order valence-corrected chi connectivity index (χ0v) is 16.8. The number of hydrogen-bond donors (Lipinski definition) is 3. The highest BCUT2D eigenvalue weighted by Gasteiger charge is 2.15. The molecule has 2 rings (SSSR count). The minimum atomic E-state index is -0.771. The molecule has 1 aliphatic rings. The molecule has 0 spiro atoms. The quantitative estimate of drug-likeness (QED) is 0.449. The van der Waals surface area contributed by atoms with Gasteiger partial charge < -0.3 is 30.1 Å². The van der Waals surface area contributed by atoms with Gasteiger partial charge in [0.2, 0.25) is 0 Å². The Balaban J connectivity index is 1.92. The SMILES string of the molecule is CCNC(=NCC(O)c1cc(OC)ccc1OC)NCCN1CCCCC1. The van der Waals surface area contributed by atoms with Gasteiger partial charge in [-0.05, 0) is 51.1 Å². The summed E-state index contributed by atoms with van der Waals surface area (Å²) in [6.45, 7) is 7.26. The number of guanidine groups is 1. The summed E-state index contributed by atoms with van der Waals surface area (Å²) in [4.78, 5) is 7.02. The smallest absolute Gasteiger partial charge is 0.191 e. The molecule has 0 saturated carbocycles. The van der Waals surface area contributed by atoms with E-state index < -0.39 is 6.10 Å². The molecule has 152 valence electrons. The lowest BCUT2D eigenvalue weighted by atomic mass is 10.1. The van der Waals surface area contributed by atoms with E-state index in [1.54, 1.807) is 26.4 Å². The lowest BCUT2D eigenvalue weighted by Crippen LogP contribution is -2.42. The fourth-order valence-corrected chi connectivity index (χ4v) is 3.23. The van der Waals surface area contributed by atoms with Crippen molar-refractivity contribution in [2.24, 2.45) is 4.99 Å². The number of nitrogens with one attached hydrogen (secondary N) is 2. The molecule has 0 amide bonds. The standard InChI is InChI=1S/C20H34N4O3/c1-4-21-20(22-10-13-24-11-6-5-7-12-24)23-15-18(25)17-14-16(26-2)8-9-19(17)27-3/h8-9,14,18,25H,4-7,10-13,15H2,1-3H3,(H2,21,22,23). The van der Waals surface area contributed by atoms with Gasteiger partial charge in [0.1, 0.15) is 17.6 Å². The maximum Gasteiger partial charge on any atom is 0.191 e. The maximum atomic E-state index is 10.6. The molecule has 1 unspecified atom stereocenters. The number of ether oxygens (including phenoxy) is 2. The highest BCUT2D eigenvalue weighted by Crippen LogP contribution is 2.29. The lowest BCUT2D eigenvalue weighted by Gasteiger charge is -2.26. The Morgan fingerprint density at radius 2 is 1.96 bits per heavy atom. The van der Waals surface area contributed by atoms with Crippen LogP contribution in [-0.2, 0) is 0 Å². The van der Waals surface area contributed by atoms with Gasteiger partial charge in [-0.2, -0.15) is 0 Å². The summed E-state index contributed by atoms with van der Waals surface area (Å²) in [6, 6.07) is 5.39. The van der Waals surface area contributed by atoms with E-state index in [1.165, 1.54) is 32.4 Å². The lowest BCUT2D eigenvalue weighted by molar-refractivity contribution is 0.182. The molecule has 0 bridgehead atoms. The average Bonchev–Trinajstić information content (AvgIpc) is 2.72. The van der Waals surface area contributed by atoms with Crippen LogP contribution in [0, 0.1) is 0 Å². The molecule has 1 heterocycles. The van der Waals surface area contributed by atoms with Crippen LogP contribution in [0.5, 0.6) is 11.5 Å². The molecule has 1 aliphatic heterocycles. The molecular weight excluding hydrogens is 344 g/mol. The Morgan fingerprint density at radius 1 is 1.19 bits per heavy atom. The van der Waals surface area contributed by atoms with Gasteiger partial charge in [0.25, 0.3) is 0 Å². The minimum absolute atomic E-state index is 0.239. The molecule has 7 heteroatoms. The Morgan fingerprint density at radius 3 is 2.63 bits per heavy atom. The van der Waals surface area contributed by atoms with Crippen molar-refractivity contribution < 1.29 is 14.6 Å². The van der Waals surface area contributed by atoms with Crippen LogP contribution in [0.3, 0.4) is 0 Å². The highest BCUT2D eigenvalue weighted by atomic mass is 16.5. The monoisotopic (exact) mass is 378 g/mol. The van der Waals surface area contributed by atoms with Crippen LogP contribution >= 0.6 is 0 Å². The molecule has 0 aromatic heterocycles. The number of hydrogen-bond acceptors (Lipinski definition) is 5. The zero-order chi connectivity index (χ0) is 19.5. The van der Waals surface area contributed by atoms with Crippen LogP contribution < -0.4 is 20.1 Å². The number of aliphatic hydroxyl groups is 1. The number of aliphatic imine (C=N–C) groups is 1. The normalized spacial score (nSPS) is 16.7. The predicted octanol–water partition coefficient (Wildman–Crippen LogP) is 1.78. The van der Waals surface area contributed by atoms with Crippen LogP contribution in [0.15, 0.2) is 23.2 Å². The number of rotatable bonds is 9. The van der Waals surface area contributed by atoms with E-state index in [1.807, 2.05) is 13.0 Å². The van der Waals surface area contributed by atoms with Crippen molar-refractivity contribution in [3.05, 3.63) is 23.8 Å². The summed E-state index contributed by atoms with van der Waals surface area (Å²) in [5.41, 5.74) is 0.671. The molecule has 1 fully saturated rings. The van der Waals surface area contributed by atoms with Crippen LogP contribution in [0.4, 0.5) is 0 Å². The van der Waals surface area contributed by atoms with Crippen molar-refractivity contribution >= 4 is 5.96 Å². The Hall–Kier alpha value is -1.99. The Kier molecular flexibility index (Phi) is 9.21. The molecule has 3 N–H and O–H groups in total. The molecule has 0 radical (unpaired) electrons. The zero-order valence-electron chi connectivity index (χ0n) is 16.8. The van der Waals surface area contributed by atoms with Gasteiger partial charge in [-0.3, -0.25) is 4.99 Å². The fourth-order valence-electron chi connectivity index (χ4n) is 3.23. The van der Waals surface area contributed by atoms with Gasteiger partial charge in [-0.15, -0.1) is 0 Å². The van der Waals surface area contributed by atoms with Gasteiger partial charge in [0, 0.05) is 25.2 Å². The van der Waals surface area contributed by atoms with Crippen molar-refractivity contribution in [3.63, 3.8) is 0 Å². The maximum absolute atomic E-state index is 10.6. The first kappa shape index (κ1) is 21.3. The van der Waals surface area contributed by atoms with E-state index in [4.69, 9.17) is 9.47 Å². The van der Waals surface area contributed by atoms with E-state index in [0.29, 0.717) is 17.1 Å². The van der Waals surface area contributed by atoms with Gasteiger partial charge in [0.15, 0.2) is 5.96 Å². The third-order valence-corrected chi connectivity index (χ3v) is 4.73. The first-order valence-corrected chi connectivity index (χ1v) is 9.82. The van der Waals surface area contributed by atoms with E-state index in [9.17, 15) is 5.11 Å². The summed E-state index contributed by atoms with van der Waals surface area (Å²) in [5, 5.41) is 17.2. The summed E-state index contributed by atoms with van der Waals surface area (Å²) in [6.07, 6.45) is 3.16. The first-order valence-electron chi connectivity index (χ1n) is 9.82. The van der Waals surface area contributed by atoms with Crippen LogP contribution in [0.25, 0.3) is 0 Å². The summed E-state index contributed by atoms with van der Waals surface area (Å²) < 4.78 is 10.6. The van der Waals surface area contributed by atoms with Crippen LogP contribution in [0.2, 0.25) is 0 Å². The van der Waals surface area contributed by atoms with Gasteiger partial charge >= 0.3 is 0 Å². The molecule has 1 saturated heterocycles. The largest absolute Gasteiger partial charge is 0.497 e. The van der Waals surface area contributed by atoms with Crippen molar-refractivity contribution in [3.8, 4) is 11.5 Å². The topological polar surface area (TPSA) is 78.4 Å². The molecule has 1 aromatic rings. The first-order chi connectivity index (χ1) is 13.2. The third-order valence-electron chi connectivity index (χ3n) is 4.73. The fraction of sp³-hybridized carbons (Fsp3) is 0.650. The second-order valence-corrected chi connectivity index (χ2v) is 6.67. The third kappa shape index (κ3) is 6.92. The van der Waals surface area contributed by atoms with Crippen molar-refractivity contribution in [1.82, 2.24) is 15.5 Å². The second-order valence-electron chi connectivity index (χ2n) is 6.67. The van der Waals surface area contributed by atoms with Gasteiger partial charge in [-0.25, -0.2) is 0 Å². The number of likely N-dealkylation sites (tertiary alicyclic amines) is 1. The van der Waals surface area contributed by atoms with Gasteiger partial charge in [0.05, 0.1) is 20.8 Å². The van der Waals surface area contributed by atoms with E-state index in [-0.39, 0.29) is 6.54 Å². The van der Waals surface area contributed by atoms with Gasteiger partial charge in [-0.1, -0.05) is 6.42 Å². The Labute approximate surface area is 162 Å². The molecule has 7 nitrogen and oxygen atoms in total. The second kappa shape index (κ2) is 11.7. The molecule has 1 atom stereocenters. The Bertz CT molecular complexity index is 589. The average molecular weight is 379 g/mol. The number of methoxy groups -OCH3 is 2. The molecular formula is C20H34N4O3. The van der Waals surface area contributed by atoms with Crippen molar-refractivity contribution in [2.45, 2.75) is 32.3 Å². The molecule has 1 aromatic carbocycles.